The summed E-state index contributed by atoms with van der Waals surface area (Å²) in [6.45, 7) is 3.36. The van der Waals surface area contributed by atoms with Crippen LogP contribution in [0.4, 0.5) is 0 Å². The van der Waals surface area contributed by atoms with Gasteiger partial charge in [-0.3, -0.25) is 9.13 Å². The molecule has 7 nitrogen and oxygen atoms in total. The van der Waals surface area contributed by atoms with Crippen LogP contribution in [0.15, 0.2) is 89.9 Å². The molecule has 2 heterocycles. The van der Waals surface area contributed by atoms with Crippen molar-refractivity contribution in [1.29, 1.82) is 0 Å². The number of rotatable bonds is 11. The van der Waals surface area contributed by atoms with Crippen molar-refractivity contribution in [3.05, 3.63) is 112 Å². The third-order valence-electron chi connectivity index (χ3n) is 6.74. The number of nitrogens with one attached hydrogen (secondary N) is 1. The number of nitrogens with zero attached hydrogens (tertiary/aromatic N) is 5. The van der Waals surface area contributed by atoms with Gasteiger partial charge in [-0.2, -0.15) is 0 Å². The predicted octanol–water partition coefficient (Wildman–Crippen LogP) is 5.72. The summed E-state index contributed by atoms with van der Waals surface area (Å²) in [6, 6.07) is 26.6. The van der Waals surface area contributed by atoms with Gasteiger partial charge in [-0.05, 0) is 45.5 Å². The Kier molecular flexibility index (Phi) is 7.69. The molecule has 0 amide bonds. The normalized spacial score (nSPS) is 11.2. The molecule has 188 valence electrons. The van der Waals surface area contributed by atoms with Crippen molar-refractivity contribution in [2.24, 2.45) is 0 Å². The third kappa shape index (κ3) is 5.77. The fraction of sp³-hybridized carbons (Fsp3) is 0.267. The molecule has 0 saturated carbocycles. The van der Waals surface area contributed by atoms with Crippen LogP contribution in [0.3, 0.4) is 0 Å². The molecule has 0 aliphatic heterocycles. The van der Waals surface area contributed by atoms with Crippen LogP contribution in [0.1, 0.15) is 49.4 Å². The molecular weight excluding hydrogens is 460 g/mol. The van der Waals surface area contributed by atoms with Crippen LogP contribution in [0, 0.1) is 0 Å². The Morgan fingerprint density at radius 1 is 0.784 bits per heavy atom. The van der Waals surface area contributed by atoms with Crippen LogP contribution in [0.2, 0.25) is 0 Å². The molecule has 3 aromatic carbocycles. The van der Waals surface area contributed by atoms with Crippen molar-refractivity contribution in [3.63, 3.8) is 0 Å². The second kappa shape index (κ2) is 11.6. The van der Waals surface area contributed by atoms with E-state index >= 15 is 0 Å². The number of H-pyrrole nitrogens is 1. The minimum Gasteiger partial charge on any atom is -0.295 e. The van der Waals surface area contributed by atoms with Crippen LogP contribution in [-0.2, 0) is 19.5 Å². The smallest absolute Gasteiger partial charge is 0.295 e. The SMILES string of the molecule is CCCCCCc1cn(Cc2ccccc2)c(=O)n1Cc1ccc(-c2ccccc2-c2nnn[nH]2)cc1. The van der Waals surface area contributed by atoms with E-state index in [1.807, 2.05) is 45.5 Å². The number of imidazole rings is 1. The molecule has 5 rings (SSSR count). The predicted molar refractivity (Wildman–Crippen MR) is 146 cm³/mol. The Labute approximate surface area is 216 Å². The van der Waals surface area contributed by atoms with Gasteiger partial charge in [0, 0.05) is 17.5 Å². The van der Waals surface area contributed by atoms with Crippen LogP contribution in [0.5, 0.6) is 0 Å². The summed E-state index contributed by atoms with van der Waals surface area (Å²) in [5.41, 5.74) is 6.44. The summed E-state index contributed by atoms with van der Waals surface area (Å²) in [5, 5.41) is 14.4. The summed E-state index contributed by atoms with van der Waals surface area (Å²) < 4.78 is 3.79. The van der Waals surface area contributed by atoms with E-state index in [-0.39, 0.29) is 5.69 Å². The van der Waals surface area contributed by atoms with Gasteiger partial charge >= 0.3 is 5.69 Å². The van der Waals surface area contributed by atoms with Crippen molar-refractivity contribution in [2.75, 3.05) is 0 Å². The van der Waals surface area contributed by atoms with Crippen molar-refractivity contribution < 1.29 is 0 Å². The number of aryl methyl sites for hydroxylation is 1. The summed E-state index contributed by atoms with van der Waals surface area (Å²) in [5.74, 6) is 0.638. The van der Waals surface area contributed by atoms with Crippen LogP contribution >= 0.6 is 0 Å². The molecule has 0 saturated heterocycles. The average molecular weight is 493 g/mol. The minimum atomic E-state index is 0.0431. The van der Waals surface area contributed by atoms with E-state index in [0.717, 1.165) is 46.4 Å². The molecule has 7 heteroatoms. The highest BCUT2D eigenvalue weighted by Crippen LogP contribution is 2.29. The number of aromatic nitrogens is 6. The third-order valence-corrected chi connectivity index (χ3v) is 6.74. The standard InChI is InChI=1S/C30H32N6O/c1-2-3-4-8-13-26-22-35(20-23-11-6-5-7-12-23)30(37)36(26)21-24-16-18-25(19-17-24)27-14-9-10-15-28(27)29-31-33-34-32-29/h5-7,9-12,14-19,22H,2-4,8,13,20-21H2,1H3,(H,31,32,33,34). The van der Waals surface area contributed by atoms with Gasteiger partial charge in [0.25, 0.3) is 0 Å². The van der Waals surface area contributed by atoms with Gasteiger partial charge in [-0.1, -0.05) is 105 Å². The van der Waals surface area contributed by atoms with Crippen LogP contribution in [0.25, 0.3) is 22.5 Å². The van der Waals surface area contributed by atoms with E-state index in [9.17, 15) is 4.79 Å². The number of unbranched alkanes of at least 4 members (excludes halogenated alkanes) is 3. The van der Waals surface area contributed by atoms with E-state index in [4.69, 9.17) is 0 Å². The summed E-state index contributed by atoms with van der Waals surface area (Å²) in [4.78, 5) is 13.5. The highest BCUT2D eigenvalue weighted by Gasteiger charge is 2.14. The number of aromatic amines is 1. The first-order chi connectivity index (χ1) is 18.2. The van der Waals surface area contributed by atoms with Crippen LogP contribution < -0.4 is 5.69 Å². The second-order valence-electron chi connectivity index (χ2n) is 9.41. The Morgan fingerprint density at radius 3 is 2.24 bits per heavy atom. The second-order valence-corrected chi connectivity index (χ2v) is 9.41. The first-order valence-corrected chi connectivity index (χ1v) is 13.0. The zero-order chi connectivity index (χ0) is 25.5. The molecule has 0 bridgehead atoms. The first kappa shape index (κ1) is 24.4. The lowest BCUT2D eigenvalue weighted by molar-refractivity contribution is 0.627. The fourth-order valence-electron chi connectivity index (χ4n) is 4.76. The molecular formula is C30H32N6O. The van der Waals surface area contributed by atoms with E-state index in [2.05, 4.69) is 76.2 Å². The summed E-state index contributed by atoms with van der Waals surface area (Å²) in [6.07, 6.45) is 7.66. The largest absolute Gasteiger partial charge is 0.328 e. The molecule has 0 radical (unpaired) electrons. The average Bonchev–Trinajstić information content (AvgIpc) is 3.57. The molecule has 0 fully saturated rings. The Morgan fingerprint density at radius 2 is 1.51 bits per heavy atom. The quantitative estimate of drug-likeness (QED) is 0.239. The molecule has 0 spiro atoms. The minimum absolute atomic E-state index is 0.0431. The molecule has 1 N–H and O–H groups in total. The number of tetrazole rings is 1. The van der Waals surface area contributed by atoms with Gasteiger partial charge in [-0.15, -0.1) is 5.10 Å². The molecule has 0 atom stereocenters. The molecule has 0 aliphatic rings. The van der Waals surface area contributed by atoms with Gasteiger partial charge in [0.2, 0.25) is 0 Å². The van der Waals surface area contributed by atoms with Gasteiger partial charge in [0.15, 0.2) is 5.82 Å². The number of hydrogen-bond donors (Lipinski definition) is 1. The Bertz CT molecular complexity index is 1470. The zero-order valence-electron chi connectivity index (χ0n) is 21.2. The van der Waals surface area contributed by atoms with Gasteiger partial charge in [0.1, 0.15) is 0 Å². The molecule has 2 aromatic heterocycles. The van der Waals surface area contributed by atoms with Gasteiger partial charge < -0.3 is 0 Å². The number of benzene rings is 3. The van der Waals surface area contributed by atoms with Crippen molar-refractivity contribution in [1.82, 2.24) is 29.8 Å². The van der Waals surface area contributed by atoms with Gasteiger partial charge in [0.05, 0.1) is 13.1 Å². The first-order valence-electron chi connectivity index (χ1n) is 13.0. The summed E-state index contributed by atoms with van der Waals surface area (Å²) in [7, 11) is 0. The highest BCUT2D eigenvalue weighted by molar-refractivity contribution is 5.80. The fourth-order valence-corrected chi connectivity index (χ4v) is 4.76. The van der Waals surface area contributed by atoms with Crippen molar-refractivity contribution in [2.45, 2.75) is 52.1 Å². The monoisotopic (exact) mass is 492 g/mol. The molecule has 37 heavy (non-hydrogen) atoms. The maximum Gasteiger partial charge on any atom is 0.328 e. The Balaban J connectivity index is 1.40. The maximum atomic E-state index is 13.5. The molecule has 0 aliphatic carbocycles. The lowest BCUT2D eigenvalue weighted by Gasteiger charge is -2.10. The lowest BCUT2D eigenvalue weighted by Crippen LogP contribution is -2.26. The van der Waals surface area contributed by atoms with Gasteiger partial charge in [-0.25, -0.2) is 9.89 Å². The number of hydrogen-bond acceptors (Lipinski definition) is 4. The van der Waals surface area contributed by atoms with E-state index in [0.29, 0.717) is 18.9 Å². The van der Waals surface area contributed by atoms with Crippen molar-refractivity contribution >= 4 is 0 Å². The van der Waals surface area contributed by atoms with E-state index in [1.54, 1.807) is 0 Å². The highest BCUT2D eigenvalue weighted by atomic mass is 16.1. The van der Waals surface area contributed by atoms with Crippen LogP contribution in [-0.4, -0.2) is 29.8 Å². The van der Waals surface area contributed by atoms with E-state index in [1.165, 1.54) is 19.3 Å². The lowest BCUT2D eigenvalue weighted by atomic mass is 9.98. The van der Waals surface area contributed by atoms with E-state index < -0.39 is 0 Å². The molecule has 0 unspecified atom stereocenters. The van der Waals surface area contributed by atoms with Crippen molar-refractivity contribution in [3.8, 4) is 22.5 Å². The maximum absolute atomic E-state index is 13.5. The molecule has 5 aromatic rings. The Hall–Kier alpha value is -4.26. The zero-order valence-corrected chi connectivity index (χ0v) is 21.2. The summed E-state index contributed by atoms with van der Waals surface area (Å²) >= 11 is 0. The topological polar surface area (TPSA) is 81.4 Å².